The third-order valence-electron chi connectivity index (χ3n) is 3.85. The van der Waals surface area contributed by atoms with Gasteiger partial charge in [-0.3, -0.25) is 0 Å². The lowest BCUT2D eigenvalue weighted by Gasteiger charge is -2.36. The Morgan fingerprint density at radius 1 is 1.04 bits per heavy atom. The van der Waals surface area contributed by atoms with Crippen LogP contribution in [0.3, 0.4) is 0 Å². The lowest BCUT2D eigenvalue weighted by molar-refractivity contribution is 0.453. The smallest absolute Gasteiger partial charge is 0.115 e. The van der Waals surface area contributed by atoms with Crippen LogP contribution < -0.4 is 4.72 Å². The maximum absolute atomic E-state index is 12.8. The first-order valence-corrected chi connectivity index (χ1v) is 9.00. The minimum Gasteiger partial charge on any atom is -0.508 e. The summed E-state index contributed by atoms with van der Waals surface area (Å²) < 4.78 is 15.4. The summed E-state index contributed by atoms with van der Waals surface area (Å²) in [7, 11) is -1.49. The summed E-state index contributed by atoms with van der Waals surface area (Å²) in [5.74, 6) is 0.0895. The Kier molecular flexibility index (Phi) is 5.51. The molecule has 0 saturated heterocycles. The number of phenols is 2. The second-order valence-electron chi connectivity index (χ2n) is 6.82. The number of hydrogen-bond donors (Lipinski definition) is 3. The summed E-state index contributed by atoms with van der Waals surface area (Å²) in [6, 6.07) is 15.1. The number of phenolic OH excluding ortho intramolecular Hbond substituents is 2. The monoisotopic (exact) mass is 358 g/mol. The molecule has 0 radical (unpaired) electrons. The summed E-state index contributed by atoms with van der Waals surface area (Å²) in [5, 5.41) is 29.3. The molecule has 6 heteroatoms. The summed E-state index contributed by atoms with van der Waals surface area (Å²) >= 11 is 0. The molecule has 0 aliphatic carbocycles. The standard InChI is InChI=1S/C19H22N2O3S/c1-18(2,3)25(24)21-19(10-11-20,14-6-4-8-16(22)12-14)15-7-5-9-17(23)13-15/h4-9,12-13,21-23H,10H2,1-3H3. The SMILES string of the molecule is CC(C)(C)S(=O)NC(CC#N)(c1cccc(O)c1)c1cccc(O)c1. The van der Waals surface area contributed by atoms with E-state index in [9.17, 15) is 19.7 Å². The van der Waals surface area contributed by atoms with Crippen molar-refractivity contribution in [1.29, 1.82) is 5.26 Å². The van der Waals surface area contributed by atoms with Gasteiger partial charge in [0.15, 0.2) is 0 Å². The number of aromatic hydroxyl groups is 2. The molecule has 0 saturated carbocycles. The molecule has 5 nitrogen and oxygen atoms in total. The van der Waals surface area contributed by atoms with E-state index >= 15 is 0 Å². The highest BCUT2D eigenvalue weighted by atomic mass is 32.2. The largest absolute Gasteiger partial charge is 0.508 e. The van der Waals surface area contributed by atoms with Crippen molar-refractivity contribution in [3.63, 3.8) is 0 Å². The molecule has 0 heterocycles. The molecule has 0 bridgehead atoms. The van der Waals surface area contributed by atoms with Crippen LogP contribution in [0.1, 0.15) is 38.3 Å². The molecular weight excluding hydrogens is 336 g/mol. The van der Waals surface area contributed by atoms with Gasteiger partial charge in [-0.15, -0.1) is 0 Å². The Bertz CT molecular complexity index is 776. The summed E-state index contributed by atoms with van der Waals surface area (Å²) in [6.07, 6.45) is -0.0261. The lowest BCUT2D eigenvalue weighted by atomic mass is 9.81. The Hall–Kier alpha value is -2.36. The number of benzene rings is 2. The van der Waals surface area contributed by atoms with Crippen LogP contribution in [-0.4, -0.2) is 19.2 Å². The van der Waals surface area contributed by atoms with E-state index in [1.807, 2.05) is 20.8 Å². The number of nitriles is 1. The van der Waals surface area contributed by atoms with Crippen LogP contribution in [0.15, 0.2) is 48.5 Å². The van der Waals surface area contributed by atoms with Crippen LogP contribution in [0.5, 0.6) is 11.5 Å². The summed E-state index contributed by atoms with van der Waals surface area (Å²) in [4.78, 5) is 0. The molecule has 2 aromatic rings. The van der Waals surface area contributed by atoms with Crippen LogP contribution in [0, 0.1) is 11.3 Å². The lowest BCUT2D eigenvalue weighted by Crippen LogP contribution is -2.48. The molecule has 1 atom stereocenters. The second kappa shape index (κ2) is 7.26. The molecular formula is C19H22N2O3S. The predicted molar refractivity (Wildman–Crippen MR) is 98.3 cm³/mol. The first-order chi connectivity index (χ1) is 11.7. The predicted octanol–water partition coefficient (Wildman–Crippen LogP) is 3.31. The zero-order valence-electron chi connectivity index (χ0n) is 14.5. The number of hydrogen-bond acceptors (Lipinski definition) is 4. The van der Waals surface area contributed by atoms with E-state index in [4.69, 9.17) is 0 Å². The first-order valence-electron chi connectivity index (χ1n) is 7.85. The van der Waals surface area contributed by atoms with E-state index in [2.05, 4.69) is 10.8 Å². The van der Waals surface area contributed by atoms with Gasteiger partial charge in [0.25, 0.3) is 0 Å². The topological polar surface area (TPSA) is 93.4 Å². The maximum Gasteiger partial charge on any atom is 0.115 e. The molecule has 25 heavy (non-hydrogen) atoms. The first kappa shape index (κ1) is 19.0. The number of nitrogens with zero attached hydrogens (tertiary/aromatic N) is 1. The van der Waals surface area contributed by atoms with E-state index < -0.39 is 21.3 Å². The average Bonchev–Trinajstić information content (AvgIpc) is 2.53. The number of nitrogens with one attached hydrogen (secondary N) is 1. The molecule has 132 valence electrons. The fraction of sp³-hybridized carbons (Fsp3) is 0.316. The van der Waals surface area contributed by atoms with Gasteiger partial charge in [0.05, 0.1) is 33.8 Å². The van der Waals surface area contributed by atoms with Gasteiger partial charge in [-0.1, -0.05) is 24.3 Å². The molecule has 0 aliphatic rings. The van der Waals surface area contributed by atoms with Crippen molar-refractivity contribution in [1.82, 2.24) is 4.72 Å². The van der Waals surface area contributed by atoms with Crippen molar-refractivity contribution < 1.29 is 14.4 Å². The zero-order valence-corrected chi connectivity index (χ0v) is 15.3. The summed E-state index contributed by atoms with van der Waals surface area (Å²) in [6.45, 7) is 5.49. The summed E-state index contributed by atoms with van der Waals surface area (Å²) in [5.41, 5.74) is 0.0548. The highest BCUT2D eigenvalue weighted by molar-refractivity contribution is 7.84. The van der Waals surface area contributed by atoms with Gasteiger partial charge in [0.2, 0.25) is 0 Å². The van der Waals surface area contributed by atoms with E-state index in [-0.39, 0.29) is 17.9 Å². The fourth-order valence-electron chi connectivity index (χ4n) is 2.50. The van der Waals surface area contributed by atoms with Crippen LogP contribution in [0.25, 0.3) is 0 Å². The van der Waals surface area contributed by atoms with Crippen LogP contribution >= 0.6 is 0 Å². The average molecular weight is 358 g/mol. The van der Waals surface area contributed by atoms with Gasteiger partial charge < -0.3 is 10.2 Å². The minimum atomic E-state index is -1.49. The van der Waals surface area contributed by atoms with E-state index in [1.165, 1.54) is 24.3 Å². The third-order valence-corrected chi connectivity index (χ3v) is 5.49. The van der Waals surface area contributed by atoms with Crippen molar-refractivity contribution >= 4 is 11.0 Å². The molecule has 2 aromatic carbocycles. The van der Waals surface area contributed by atoms with Gasteiger partial charge >= 0.3 is 0 Å². The molecule has 1 unspecified atom stereocenters. The van der Waals surface area contributed by atoms with Crippen molar-refractivity contribution in [2.45, 2.75) is 37.5 Å². The Labute approximate surface area is 150 Å². The van der Waals surface area contributed by atoms with Crippen molar-refractivity contribution in [3.8, 4) is 17.6 Å². The maximum atomic E-state index is 12.8. The molecule has 0 spiro atoms. The van der Waals surface area contributed by atoms with Gasteiger partial charge in [-0.2, -0.15) is 5.26 Å². The van der Waals surface area contributed by atoms with Crippen LogP contribution in [0.4, 0.5) is 0 Å². The van der Waals surface area contributed by atoms with Crippen molar-refractivity contribution in [2.75, 3.05) is 0 Å². The highest BCUT2D eigenvalue weighted by Crippen LogP contribution is 2.37. The minimum absolute atomic E-state index is 0.0261. The zero-order chi connectivity index (χ0) is 18.7. The van der Waals surface area contributed by atoms with E-state index in [0.29, 0.717) is 11.1 Å². The Balaban J connectivity index is 2.71. The van der Waals surface area contributed by atoms with Gasteiger partial charge in [0, 0.05) is 0 Å². The van der Waals surface area contributed by atoms with Crippen molar-refractivity contribution in [2.24, 2.45) is 0 Å². The molecule has 2 rings (SSSR count). The molecule has 0 aromatic heterocycles. The van der Waals surface area contributed by atoms with E-state index in [0.717, 1.165) is 0 Å². The molecule has 0 fully saturated rings. The van der Waals surface area contributed by atoms with Crippen LogP contribution in [0.2, 0.25) is 0 Å². The van der Waals surface area contributed by atoms with Gasteiger partial charge in [-0.25, -0.2) is 8.93 Å². The number of rotatable bonds is 5. The Morgan fingerprint density at radius 3 is 1.88 bits per heavy atom. The van der Waals surface area contributed by atoms with Crippen LogP contribution in [-0.2, 0) is 16.5 Å². The normalized spacial score (nSPS) is 13.2. The molecule has 3 N–H and O–H groups in total. The van der Waals surface area contributed by atoms with E-state index in [1.54, 1.807) is 24.3 Å². The highest BCUT2D eigenvalue weighted by Gasteiger charge is 2.39. The quantitative estimate of drug-likeness (QED) is 0.764. The molecule has 0 aliphatic heterocycles. The Morgan fingerprint density at radius 2 is 1.52 bits per heavy atom. The molecule has 0 amide bonds. The third kappa shape index (κ3) is 4.19. The second-order valence-corrected chi connectivity index (χ2v) is 8.79. The fourth-order valence-corrected chi connectivity index (χ4v) is 3.43. The van der Waals surface area contributed by atoms with Crippen molar-refractivity contribution in [3.05, 3.63) is 59.7 Å². The van der Waals surface area contributed by atoms with Gasteiger partial charge in [0.1, 0.15) is 11.5 Å². The van der Waals surface area contributed by atoms with Gasteiger partial charge in [-0.05, 0) is 56.2 Å².